The molecule has 30 heavy (non-hydrogen) atoms. The van der Waals surface area contributed by atoms with Crippen LogP contribution < -0.4 is 5.32 Å². The van der Waals surface area contributed by atoms with Crippen molar-refractivity contribution in [2.75, 3.05) is 0 Å². The molecule has 0 heterocycles. The summed E-state index contributed by atoms with van der Waals surface area (Å²) >= 11 is 0. The third kappa shape index (κ3) is 5.65. The molecule has 6 heteroatoms. The van der Waals surface area contributed by atoms with Crippen LogP contribution in [0.25, 0.3) is 0 Å². The lowest BCUT2D eigenvalue weighted by atomic mass is 9.95. The largest absolute Gasteiger partial charge is 0.352 e. The van der Waals surface area contributed by atoms with Crippen LogP contribution in [0.4, 0.5) is 8.78 Å². The van der Waals surface area contributed by atoms with Crippen LogP contribution in [0.1, 0.15) is 50.2 Å². The molecule has 4 nitrogen and oxygen atoms in total. The lowest BCUT2D eigenvalue weighted by Crippen LogP contribution is -2.50. The molecule has 1 N–H and O–H groups in total. The van der Waals surface area contributed by atoms with Gasteiger partial charge >= 0.3 is 0 Å². The monoisotopic (exact) mass is 414 g/mol. The first kappa shape index (κ1) is 21.9. The number of nitrogens with zero attached hydrogens (tertiary/aromatic N) is 1. The van der Waals surface area contributed by atoms with Crippen LogP contribution in [-0.2, 0) is 22.6 Å². The number of hydrogen-bond donors (Lipinski definition) is 1. The van der Waals surface area contributed by atoms with Gasteiger partial charge in [-0.1, -0.05) is 55.7 Å². The van der Waals surface area contributed by atoms with Crippen molar-refractivity contribution in [2.45, 2.75) is 64.1 Å². The molecule has 1 aliphatic carbocycles. The van der Waals surface area contributed by atoms with E-state index in [-0.39, 0.29) is 30.5 Å². The minimum Gasteiger partial charge on any atom is -0.352 e. The Morgan fingerprint density at radius 2 is 1.53 bits per heavy atom. The van der Waals surface area contributed by atoms with Gasteiger partial charge in [-0.15, -0.1) is 0 Å². The number of benzene rings is 2. The van der Waals surface area contributed by atoms with E-state index in [1.54, 1.807) is 43.3 Å². The van der Waals surface area contributed by atoms with Crippen molar-refractivity contribution in [3.8, 4) is 0 Å². The molecule has 0 aromatic heterocycles. The summed E-state index contributed by atoms with van der Waals surface area (Å²) in [5.41, 5.74) is 0.567. The van der Waals surface area contributed by atoms with E-state index >= 15 is 0 Å². The first-order valence-corrected chi connectivity index (χ1v) is 10.5. The molecule has 1 atom stereocenters. The van der Waals surface area contributed by atoms with Crippen LogP contribution >= 0.6 is 0 Å². The molecule has 2 aromatic carbocycles. The summed E-state index contributed by atoms with van der Waals surface area (Å²) in [6.45, 7) is 1.58. The van der Waals surface area contributed by atoms with Gasteiger partial charge in [-0.25, -0.2) is 8.78 Å². The Balaban J connectivity index is 1.78. The number of rotatable bonds is 7. The highest BCUT2D eigenvalue weighted by molar-refractivity contribution is 5.88. The molecule has 160 valence electrons. The van der Waals surface area contributed by atoms with Gasteiger partial charge in [-0.3, -0.25) is 9.59 Å². The quantitative estimate of drug-likeness (QED) is 0.731. The second kappa shape index (κ2) is 10.3. The fourth-order valence-corrected chi connectivity index (χ4v) is 3.87. The van der Waals surface area contributed by atoms with Crippen LogP contribution in [0.3, 0.4) is 0 Å². The normalized spacial score (nSPS) is 15.4. The molecule has 1 fully saturated rings. The summed E-state index contributed by atoms with van der Waals surface area (Å²) in [5, 5.41) is 3.03. The van der Waals surface area contributed by atoms with Gasteiger partial charge in [0.05, 0.1) is 6.42 Å². The van der Waals surface area contributed by atoms with E-state index in [2.05, 4.69) is 5.32 Å². The average molecular weight is 414 g/mol. The predicted octanol–water partition coefficient (Wildman–Crippen LogP) is 4.37. The van der Waals surface area contributed by atoms with Gasteiger partial charge in [0.2, 0.25) is 11.8 Å². The van der Waals surface area contributed by atoms with E-state index in [1.165, 1.54) is 23.5 Å². The van der Waals surface area contributed by atoms with Crippen LogP contribution in [0.5, 0.6) is 0 Å². The summed E-state index contributed by atoms with van der Waals surface area (Å²) in [6, 6.07) is 11.5. The zero-order chi connectivity index (χ0) is 21.5. The maximum absolute atomic E-state index is 14.2. The molecule has 2 amide bonds. The van der Waals surface area contributed by atoms with E-state index in [4.69, 9.17) is 0 Å². The first-order valence-electron chi connectivity index (χ1n) is 10.5. The minimum atomic E-state index is -0.800. The average Bonchev–Trinajstić information content (AvgIpc) is 2.75. The van der Waals surface area contributed by atoms with Gasteiger partial charge in [0.15, 0.2) is 0 Å². The highest BCUT2D eigenvalue weighted by atomic mass is 19.1. The Kier molecular flexibility index (Phi) is 7.55. The second-order valence-corrected chi connectivity index (χ2v) is 7.90. The zero-order valence-corrected chi connectivity index (χ0v) is 17.2. The van der Waals surface area contributed by atoms with Gasteiger partial charge in [-0.05, 0) is 37.5 Å². The molecular weight excluding hydrogens is 386 g/mol. The highest BCUT2D eigenvalue weighted by Gasteiger charge is 2.29. The number of amides is 2. The molecule has 1 saturated carbocycles. The van der Waals surface area contributed by atoms with E-state index in [0.717, 1.165) is 25.7 Å². The van der Waals surface area contributed by atoms with Crippen molar-refractivity contribution < 1.29 is 18.4 Å². The maximum atomic E-state index is 14.2. The van der Waals surface area contributed by atoms with Crippen molar-refractivity contribution in [2.24, 2.45) is 0 Å². The Hall–Kier alpha value is -2.76. The van der Waals surface area contributed by atoms with Crippen LogP contribution in [0.15, 0.2) is 48.5 Å². The van der Waals surface area contributed by atoms with Gasteiger partial charge in [-0.2, -0.15) is 0 Å². The van der Waals surface area contributed by atoms with Crippen LogP contribution in [0.2, 0.25) is 0 Å². The summed E-state index contributed by atoms with van der Waals surface area (Å²) in [5.74, 6) is -1.60. The first-order chi connectivity index (χ1) is 14.5. The Morgan fingerprint density at radius 3 is 2.13 bits per heavy atom. The van der Waals surface area contributed by atoms with Gasteiger partial charge in [0, 0.05) is 18.2 Å². The smallest absolute Gasteiger partial charge is 0.242 e. The SMILES string of the molecule is C[C@H](C(=O)NC1CCCCC1)N(Cc1ccccc1F)C(=O)Cc1ccccc1F. The summed E-state index contributed by atoms with van der Waals surface area (Å²) in [4.78, 5) is 27.3. The fourth-order valence-electron chi connectivity index (χ4n) is 3.87. The van der Waals surface area contributed by atoms with Crippen molar-refractivity contribution >= 4 is 11.8 Å². The number of carbonyl (C=O) groups is 2. The summed E-state index contributed by atoms with van der Waals surface area (Å²) in [7, 11) is 0. The van der Waals surface area contributed by atoms with Crippen LogP contribution in [-0.4, -0.2) is 28.8 Å². The van der Waals surface area contributed by atoms with Gasteiger partial charge in [0.1, 0.15) is 17.7 Å². The van der Waals surface area contributed by atoms with Crippen LogP contribution in [0, 0.1) is 11.6 Å². The predicted molar refractivity (Wildman–Crippen MR) is 112 cm³/mol. The second-order valence-electron chi connectivity index (χ2n) is 7.90. The van der Waals surface area contributed by atoms with Crippen molar-refractivity contribution in [1.29, 1.82) is 0 Å². The third-order valence-corrected chi connectivity index (χ3v) is 5.72. The van der Waals surface area contributed by atoms with Crippen molar-refractivity contribution in [3.05, 3.63) is 71.3 Å². The number of halogens is 2. The molecule has 0 radical (unpaired) electrons. The molecule has 2 aromatic rings. The number of nitrogens with one attached hydrogen (secondary N) is 1. The molecular formula is C24H28F2N2O2. The van der Waals surface area contributed by atoms with Gasteiger partial charge in [0.25, 0.3) is 0 Å². The molecule has 0 bridgehead atoms. The molecule has 3 rings (SSSR count). The Labute approximate surface area is 176 Å². The maximum Gasteiger partial charge on any atom is 0.242 e. The molecule has 1 aliphatic rings. The van der Waals surface area contributed by atoms with Crippen molar-refractivity contribution in [3.63, 3.8) is 0 Å². The standard InChI is InChI=1S/C24H28F2N2O2/c1-17(24(30)27-20-11-3-2-4-12-20)28(16-19-10-6-8-14-22(19)26)23(29)15-18-9-5-7-13-21(18)25/h5-10,13-14,17,20H,2-4,11-12,15-16H2,1H3,(H,27,30)/t17-/m1/s1. The minimum absolute atomic E-state index is 0.0563. The molecule has 0 saturated heterocycles. The van der Waals surface area contributed by atoms with Crippen molar-refractivity contribution in [1.82, 2.24) is 10.2 Å². The van der Waals surface area contributed by atoms with Gasteiger partial charge < -0.3 is 10.2 Å². The number of hydrogen-bond acceptors (Lipinski definition) is 2. The number of carbonyl (C=O) groups excluding carboxylic acids is 2. The lowest BCUT2D eigenvalue weighted by Gasteiger charge is -2.31. The lowest BCUT2D eigenvalue weighted by molar-refractivity contribution is -0.140. The zero-order valence-electron chi connectivity index (χ0n) is 17.2. The summed E-state index contributed by atoms with van der Waals surface area (Å²) in [6.07, 6.45) is 4.98. The summed E-state index contributed by atoms with van der Waals surface area (Å²) < 4.78 is 28.3. The topological polar surface area (TPSA) is 49.4 Å². The van der Waals surface area contributed by atoms with E-state index in [1.807, 2.05) is 0 Å². The third-order valence-electron chi connectivity index (χ3n) is 5.72. The molecule has 0 spiro atoms. The Morgan fingerprint density at radius 1 is 0.967 bits per heavy atom. The van der Waals surface area contributed by atoms with E-state index < -0.39 is 23.6 Å². The Bertz CT molecular complexity index is 881. The van der Waals surface area contributed by atoms with E-state index in [9.17, 15) is 18.4 Å². The fraction of sp³-hybridized carbons (Fsp3) is 0.417. The molecule has 0 aliphatic heterocycles. The highest BCUT2D eigenvalue weighted by Crippen LogP contribution is 2.19. The van der Waals surface area contributed by atoms with E-state index in [0.29, 0.717) is 5.56 Å². The molecule has 0 unspecified atom stereocenters.